The Bertz CT molecular complexity index is 331. The predicted octanol–water partition coefficient (Wildman–Crippen LogP) is 2.32. The van der Waals surface area contributed by atoms with Gasteiger partial charge in [0, 0.05) is 18.6 Å². The number of rotatable bonds is 4. The number of amides is 2. The minimum Gasteiger partial charge on any atom is -0.481 e. The molecule has 0 aromatic rings. The first-order valence-corrected chi connectivity index (χ1v) is 7.11. The first-order chi connectivity index (χ1) is 8.81. The molecule has 1 aliphatic rings. The maximum absolute atomic E-state index is 12.1. The van der Waals surface area contributed by atoms with E-state index < -0.39 is 5.97 Å². The summed E-state index contributed by atoms with van der Waals surface area (Å²) in [4.78, 5) is 24.9. The van der Waals surface area contributed by atoms with Crippen LogP contribution in [0.25, 0.3) is 0 Å². The normalized spacial score (nSPS) is 25.2. The second kappa shape index (κ2) is 6.78. The summed E-state index contributed by atoms with van der Waals surface area (Å²) in [5.74, 6) is -0.516. The molecule has 0 spiro atoms. The van der Waals surface area contributed by atoms with Crippen molar-refractivity contribution in [3.63, 3.8) is 0 Å². The zero-order chi connectivity index (χ0) is 14.6. The van der Waals surface area contributed by atoms with Crippen molar-refractivity contribution in [1.82, 2.24) is 10.2 Å². The largest absolute Gasteiger partial charge is 0.481 e. The second-order valence-electron chi connectivity index (χ2n) is 6.08. The van der Waals surface area contributed by atoms with Gasteiger partial charge in [0.15, 0.2) is 0 Å². The van der Waals surface area contributed by atoms with Crippen LogP contribution < -0.4 is 5.32 Å². The number of nitrogens with zero attached hydrogens (tertiary/aromatic N) is 1. The molecular weight excluding hydrogens is 244 g/mol. The highest BCUT2D eigenvalue weighted by atomic mass is 16.4. The third-order valence-corrected chi connectivity index (χ3v) is 3.68. The average Bonchev–Trinajstić information content (AvgIpc) is 2.26. The molecule has 19 heavy (non-hydrogen) atoms. The number of carboxylic acids is 1. The summed E-state index contributed by atoms with van der Waals surface area (Å²) >= 11 is 0. The van der Waals surface area contributed by atoms with Crippen molar-refractivity contribution in [2.24, 2.45) is 11.8 Å². The summed E-state index contributed by atoms with van der Waals surface area (Å²) in [6, 6.07) is 0.0717. The highest BCUT2D eigenvalue weighted by Crippen LogP contribution is 2.23. The first kappa shape index (κ1) is 15.8. The topological polar surface area (TPSA) is 69.6 Å². The predicted molar refractivity (Wildman–Crippen MR) is 74.0 cm³/mol. The van der Waals surface area contributed by atoms with Crippen LogP contribution in [0.15, 0.2) is 0 Å². The van der Waals surface area contributed by atoms with Gasteiger partial charge in [-0.05, 0) is 39.0 Å². The summed E-state index contributed by atoms with van der Waals surface area (Å²) in [6.45, 7) is 8.71. The standard InChI is InChI=1S/C14H26N2O3/c1-9(2)7-10(3)15-14(19)16-6-5-12(13(17)18)8-11(16)4/h9-12H,5-8H2,1-4H3,(H,15,19)(H,17,18). The number of piperidine rings is 1. The summed E-state index contributed by atoms with van der Waals surface area (Å²) < 4.78 is 0. The van der Waals surface area contributed by atoms with Crippen LogP contribution in [0.2, 0.25) is 0 Å². The third-order valence-electron chi connectivity index (χ3n) is 3.68. The second-order valence-corrected chi connectivity index (χ2v) is 6.08. The van der Waals surface area contributed by atoms with Crippen molar-refractivity contribution in [3.8, 4) is 0 Å². The number of hydrogen-bond acceptors (Lipinski definition) is 2. The lowest BCUT2D eigenvalue weighted by Crippen LogP contribution is -2.52. The molecule has 1 aliphatic heterocycles. The van der Waals surface area contributed by atoms with E-state index in [2.05, 4.69) is 19.2 Å². The molecule has 0 aromatic carbocycles. The van der Waals surface area contributed by atoms with Crippen molar-refractivity contribution in [3.05, 3.63) is 0 Å². The summed E-state index contributed by atoms with van der Waals surface area (Å²) in [7, 11) is 0. The van der Waals surface area contributed by atoms with Crippen LogP contribution in [-0.2, 0) is 4.79 Å². The Hall–Kier alpha value is -1.26. The van der Waals surface area contributed by atoms with E-state index in [9.17, 15) is 9.59 Å². The number of likely N-dealkylation sites (tertiary alicyclic amines) is 1. The van der Waals surface area contributed by atoms with Gasteiger partial charge < -0.3 is 15.3 Å². The third kappa shape index (κ3) is 4.73. The average molecular weight is 270 g/mol. The van der Waals surface area contributed by atoms with Gasteiger partial charge in [-0.15, -0.1) is 0 Å². The van der Waals surface area contributed by atoms with Gasteiger partial charge in [0.05, 0.1) is 5.92 Å². The fraction of sp³-hybridized carbons (Fsp3) is 0.857. The van der Waals surface area contributed by atoms with Gasteiger partial charge in [0.1, 0.15) is 0 Å². The zero-order valence-electron chi connectivity index (χ0n) is 12.3. The van der Waals surface area contributed by atoms with Crippen LogP contribution in [0.1, 0.15) is 47.0 Å². The molecule has 0 aliphatic carbocycles. The number of nitrogens with one attached hydrogen (secondary N) is 1. The summed E-state index contributed by atoms with van der Waals surface area (Å²) in [5, 5.41) is 12.0. The van der Waals surface area contributed by atoms with Gasteiger partial charge in [-0.1, -0.05) is 13.8 Å². The maximum atomic E-state index is 12.1. The molecule has 2 amide bonds. The van der Waals surface area contributed by atoms with Crippen molar-refractivity contribution >= 4 is 12.0 Å². The molecule has 2 N–H and O–H groups in total. The molecule has 0 saturated carbocycles. The van der Waals surface area contributed by atoms with Gasteiger partial charge in [-0.25, -0.2) is 4.79 Å². The fourth-order valence-corrected chi connectivity index (χ4v) is 2.76. The van der Waals surface area contributed by atoms with Crippen LogP contribution in [-0.4, -0.2) is 40.6 Å². The van der Waals surface area contributed by atoms with Crippen molar-refractivity contribution in [2.75, 3.05) is 6.54 Å². The number of hydrogen-bond donors (Lipinski definition) is 2. The van der Waals surface area contributed by atoms with Crippen molar-refractivity contribution < 1.29 is 14.7 Å². The van der Waals surface area contributed by atoms with Gasteiger partial charge in [0.25, 0.3) is 0 Å². The van der Waals surface area contributed by atoms with Crippen LogP contribution in [0, 0.1) is 11.8 Å². The number of carbonyl (C=O) groups excluding carboxylic acids is 1. The van der Waals surface area contributed by atoms with E-state index in [-0.39, 0.29) is 24.0 Å². The van der Waals surface area contributed by atoms with Crippen LogP contribution in [0.4, 0.5) is 4.79 Å². The Balaban J connectivity index is 2.48. The van der Waals surface area contributed by atoms with Gasteiger partial charge in [0.2, 0.25) is 0 Å². The van der Waals surface area contributed by atoms with E-state index in [1.807, 2.05) is 13.8 Å². The van der Waals surface area contributed by atoms with E-state index in [0.29, 0.717) is 25.3 Å². The minimum absolute atomic E-state index is 0.0129. The molecule has 0 radical (unpaired) electrons. The summed E-state index contributed by atoms with van der Waals surface area (Å²) in [6.07, 6.45) is 2.04. The number of carbonyl (C=O) groups is 2. The van der Waals surface area contributed by atoms with Crippen LogP contribution >= 0.6 is 0 Å². The molecule has 3 atom stereocenters. The van der Waals surface area contributed by atoms with E-state index >= 15 is 0 Å². The Morgan fingerprint density at radius 2 is 2.00 bits per heavy atom. The number of urea groups is 1. The zero-order valence-corrected chi connectivity index (χ0v) is 12.3. The van der Waals surface area contributed by atoms with Gasteiger partial charge in [-0.3, -0.25) is 4.79 Å². The van der Waals surface area contributed by atoms with E-state index in [1.54, 1.807) is 4.90 Å². The molecule has 110 valence electrons. The lowest BCUT2D eigenvalue weighted by Gasteiger charge is -2.37. The molecule has 1 fully saturated rings. The summed E-state index contributed by atoms with van der Waals surface area (Å²) in [5.41, 5.74) is 0. The lowest BCUT2D eigenvalue weighted by molar-refractivity contribution is -0.143. The maximum Gasteiger partial charge on any atom is 0.317 e. The Labute approximate surface area is 115 Å². The Kier molecular flexibility index (Phi) is 5.63. The molecular formula is C14H26N2O3. The molecule has 1 heterocycles. The lowest BCUT2D eigenvalue weighted by atomic mass is 9.92. The van der Waals surface area contributed by atoms with E-state index in [1.165, 1.54) is 0 Å². The molecule has 5 heteroatoms. The SMILES string of the molecule is CC(C)CC(C)NC(=O)N1CCC(C(=O)O)CC1C. The fourth-order valence-electron chi connectivity index (χ4n) is 2.76. The Morgan fingerprint density at radius 3 is 2.47 bits per heavy atom. The van der Waals surface area contributed by atoms with Crippen molar-refractivity contribution in [1.29, 1.82) is 0 Å². The highest BCUT2D eigenvalue weighted by molar-refractivity contribution is 5.76. The smallest absolute Gasteiger partial charge is 0.317 e. The van der Waals surface area contributed by atoms with Crippen LogP contribution in [0.5, 0.6) is 0 Å². The molecule has 5 nitrogen and oxygen atoms in total. The Morgan fingerprint density at radius 1 is 1.37 bits per heavy atom. The molecule has 0 bridgehead atoms. The molecule has 1 rings (SSSR count). The quantitative estimate of drug-likeness (QED) is 0.823. The highest BCUT2D eigenvalue weighted by Gasteiger charge is 2.32. The van der Waals surface area contributed by atoms with E-state index in [0.717, 1.165) is 6.42 Å². The molecule has 0 aromatic heterocycles. The van der Waals surface area contributed by atoms with Crippen molar-refractivity contribution in [2.45, 2.75) is 59.0 Å². The molecule has 3 unspecified atom stereocenters. The van der Waals surface area contributed by atoms with Crippen LogP contribution in [0.3, 0.4) is 0 Å². The van der Waals surface area contributed by atoms with E-state index in [4.69, 9.17) is 5.11 Å². The molecule has 1 saturated heterocycles. The van der Waals surface area contributed by atoms with Gasteiger partial charge in [-0.2, -0.15) is 0 Å². The number of carboxylic acid groups (broad SMARTS) is 1. The van der Waals surface area contributed by atoms with Gasteiger partial charge >= 0.3 is 12.0 Å². The first-order valence-electron chi connectivity index (χ1n) is 7.11. The number of aliphatic carboxylic acids is 1. The monoisotopic (exact) mass is 270 g/mol. The minimum atomic E-state index is -0.750.